The van der Waals surface area contributed by atoms with Crippen LogP contribution in [0.1, 0.15) is 25.3 Å². The van der Waals surface area contributed by atoms with Gasteiger partial charge in [-0.15, -0.1) is 0 Å². The number of hydrogen-bond donors (Lipinski definition) is 0. The molecule has 0 unspecified atom stereocenters. The fourth-order valence-corrected chi connectivity index (χ4v) is 1.82. The summed E-state index contributed by atoms with van der Waals surface area (Å²) >= 11 is 0. The topological polar surface area (TPSA) is 35.3 Å². The summed E-state index contributed by atoms with van der Waals surface area (Å²) < 4.78 is 11.0. The normalized spacial score (nSPS) is 10.5. The summed E-state index contributed by atoms with van der Waals surface area (Å²) in [5, 5.41) is 0. The average molecular weight is 231 g/mol. The molecule has 1 aromatic heterocycles. The Kier molecular flexibility index (Phi) is 3.47. The van der Waals surface area contributed by atoms with Crippen LogP contribution in [0.2, 0.25) is 0 Å². The highest BCUT2D eigenvalue weighted by molar-refractivity contribution is 5.56. The quantitative estimate of drug-likeness (QED) is 0.808. The SMILES string of the molecule is CCc1nc(-c2cccc(OC)c2)oc1CC. The van der Waals surface area contributed by atoms with E-state index in [1.54, 1.807) is 7.11 Å². The van der Waals surface area contributed by atoms with Gasteiger partial charge in [-0.1, -0.05) is 19.9 Å². The molecule has 3 heteroatoms. The largest absolute Gasteiger partial charge is 0.497 e. The van der Waals surface area contributed by atoms with Gasteiger partial charge in [0.1, 0.15) is 11.5 Å². The molecule has 0 aliphatic rings. The molecule has 0 fully saturated rings. The third kappa shape index (κ3) is 2.33. The number of rotatable bonds is 4. The molecule has 0 atom stereocenters. The van der Waals surface area contributed by atoms with Crippen molar-refractivity contribution in [1.29, 1.82) is 0 Å². The number of methoxy groups -OCH3 is 1. The molecular weight excluding hydrogens is 214 g/mol. The molecule has 0 bridgehead atoms. The number of aromatic nitrogens is 1. The molecule has 0 saturated carbocycles. The van der Waals surface area contributed by atoms with Crippen LogP contribution in [0.5, 0.6) is 5.75 Å². The van der Waals surface area contributed by atoms with E-state index < -0.39 is 0 Å². The van der Waals surface area contributed by atoms with Crippen molar-refractivity contribution in [2.24, 2.45) is 0 Å². The Hall–Kier alpha value is -1.77. The van der Waals surface area contributed by atoms with Gasteiger partial charge in [0.2, 0.25) is 5.89 Å². The fourth-order valence-electron chi connectivity index (χ4n) is 1.82. The zero-order valence-electron chi connectivity index (χ0n) is 10.5. The first-order valence-electron chi connectivity index (χ1n) is 5.91. The van der Waals surface area contributed by atoms with Gasteiger partial charge < -0.3 is 9.15 Å². The van der Waals surface area contributed by atoms with Crippen molar-refractivity contribution in [2.75, 3.05) is 7.11 Å². The molecule has 1 heterocycles. The van der Waals surface area contributed by atoms with Crippen molar-refractivity contribution in [3.63, 3.8) is 0 Å². The molecular formula is C14H17NO2. The monoisotopic (exact) mass is 231 g/mol. The van der Waals surface area contributed by atoms with Crippen molar-refractivity contribution >= 4 is 0 Å². The van der Waals surface area contributed by atoms with Crippen molar-refractivity contribution < 1.29 is 9.15 Å². The molecule has 0 amide bonds. The molecule has 0 N–H and O–H groups in total. The lowest BCUT2D eigenvalue weighted by Crippen LogP contribution is -1.86. The van der Waals surface area contributed by atoms with E-state index in [1.165, 1.54) is 0 Å². The Morgan fingerprint density at radius 3 is 2.65 bits per heavy atom. The Morgan fingerprint density at radius 2 is 2.06 bits per heavy atom. The number of ether oxygens (including phenoxy) is 1. The van der Waals surface area contributed by atoms with Gasteiger partial charge in [0.25, 0.3) is 0 Å². The molecule has 0 radical (unpaired) electrons. The summed E-state index contributed by atoms with van der Waals surface area (Å²) in [6.07, 6.45) is 1.77. The molecule has 90 valence electrons. The van der Waals surface area contributed by atoms with Gasteiger partial charge in [-0.3, -0.25) is 0 Å². The zero-order chi connectivity index (χ0) is 12.3. The van der Waals surface area contributed by atoms with Crippen molar-refractivity contribution in [3.05, 3.63) is 35.7 Å². The summed E-state index contributed by atoms with van der Waals surface area (Å²) in [5.41, 5.74) is 2.00. The second-order valence-corrected chi connectivity index (χ2v) is 3.83. The fraction of sp³-hybridized carbons (Fsp3) is 0.357. The molecule has 0 aliphatic heterocycles. The third-order valence-corrected chi connectivity index (χ3v) is 2.75. The van der Waals surface area contributed by atoms with Crippen LogP contribution in [0.4, 0.5) is 0 Å². The highest BCUT2D eigenvalue weighted by atomic mass is 16.5. The Labute approximate surface area is 101 Å². The summed E-state index contributed by atoms with van der Waals surface area (Å²) in [4.78, 5) is 4.52. The molecule has 0 spiro atoms. The highest BCUT2D eigenvalue weighted by Gasteiger charge is 2.12. The highest BCUT2D eigenvalue weighted by Crippen LogP contribution is 2.25. The smallest absolute Gasteiger partial charge is 0.226 e. The number of hydrogen-bond acceptors (Lipinski definition) is 3. The van der Waals surface area contributed by atoms with Gasteiger partial charge in [-0.25, -0.2) is 4.98 Å². The molecule has 2 rings (SSSR count). The van der Waals surface area contributed by atoms with Crippen LogP contribution in [-0.4, -0.2) is 12.1 Å². The van der Waals surface area contributed by atoms with Gasteiger partial charge in [-0.05, 0) is 24.6 Å². The molecule has 0 saturated heterocycles. The first kappa shape index (κ1) is 11.7. The van der Waals surface area contributed by atoms with Gasteiger partial charge in [0.05, 0.1) is 12.8 Å². The molecule has 0 aliphatic carbocycles. The van der Waals surface area contributed by atoms with E-state index in [1.807, 2.05) is 24.3 Å². The molecule has 1 aromatic carbocycles. The summed E-state index contributed by atoms with van der Waals surface area (Å²) in [6, 6.07) is 7.77. The minimum Gasteiger partial charge on any atom is -0.497 e. The molecule has 3 nitrogen and oxygen atoms in total. The summed E-state index contributed by atoms with van der Waals surface area (Å²) in [5.74, 6) is 2.47. The maximum atomic E-state index is 5.77. The van der Waals surface area contributed by atoms with Crippen molar-refractivity contribution in [1.82, 2.24) is 4.98 Å². The maximum Gasteiger partial charge on any atom is 0.226 e. The number of benzene rings is 1. The Balaban J connectivity index is 2.41. The second kappa shape index (κ2) is 5.04. The predicted molar refractivity (Wildman–Crippen MR) is 67.2 cm³/mol. The standard InChI is InChI=1S/C14H17NO2/c1-4-12-13(5-2)17-14(15-12)10-7-6-8-11(9-10)16-3/h6-9H,4-5H2,1-3H3. The Morgan fingerprint density at radius 1 is 1.24 bits per heavy atom. The van der Waals surface area contributed by atoms with Crippen molar-refractivity contribution in [3.8, 4) is 17.2 Å². The first-order chi connectivity index (χ1) is 8.28. The van der Waals surface area contributed by atoms with Crippen LogP contribution in [0.15, 0.2) is 28.7 Å². The van der Waals surface area contributed by atoms with Crippen LogP contribution < -0.4 is 4.74 Å². The summed E-state index contributed by atoms with van der Waals surface area (Å²) in [6.45, 7) is 4.17. The van der Waals surface area contributed by atoms with Gasteiger partial charge >= 0.3 is 0 Å². The zero-order valence-corrected chi connectivity index (χ0v) is 10.5. The van der Waals surface area contributed by atoms with E-state index in [4.69, 9.17) is 9.15 Å². The van der Waals surface area contributed by atoms with Gasteiger partial charge in [-0.2, -0.15) is 0 Å². The average Bonchev–Trinajstić information content (AvgIpc) is 2.82. The van der Waals surface area contributed by atoms with E-state index in [2.05, 4.69) is 18.8 Å². The molecule has 17 heavy (non-hydrogen) atoms. The van der Waals surface area contributed by atoms with Gasteiger partial charge in [0, 0.05) is 12.0 Å². The summed E-state index contributed by atoms with van der Waals surface area (Å²) in [7, 11) is 1.66. The van der Waals surface area contributed by atoms with E-state index in [0.717, 1.165) is 35.6 Å². The maximum absolute atomic E-state index is 5.77. The number of oxazole rings is 1. The lowest BCUT2D eigenvalue weighted by Gasteiger charge is -2.00. The van der Waals surface area contributed by atoms with Crippen LogP contribution in [-0.2, 0) is 12.8 Å². The van der Waals surface area contributed by atoms with Crippen LogP contribution in [0.25, 0.3) is 11.5 Å². The molecule has 2 aromatic rings. The van der Waals surface area contributed by atoms with Crippen LogP contribution in [0, 0.1) is 0 Å². The Bertz CT molecular complexity index is 481. The number of aryl methyl sites for hydroxylation is 2. The predicted octanol–water partition coefficient (Wildman–Crippen LogP) is 3.48. The van der Waals surface area contributed by atoms with E-state index >= 15 is 0 Å². The van der Waals surface area contributed by atoms with Crippen LogP contribution in [0.3, 0.4) is 0 Å². The van der Waals surface area contributed by atoms with Crippen molar-refractivity contribution in [2.45, 2.75) is 26.7 Å². The van der Waals surface area contributed by atoms with E-state index in [9.17, 15) is 0 Å². The lowest BCUT2D eigenvalue weighted by molar-refractivity contribution is 0.414. The van der Waals surface area contributed by atoms with Crippen LogP contribution >= 0.6 is 0 Å². The first-order valence-corrected chi connectivity index (χ1v) is 5.91. The van der Waals surface area contributed by atoms with E-state index in [0.29, 0.717) is 5.89 Å². The third-order valence-electron chi connectivity index (χ3n) is 2.75. The minimum atomic E-state index is 0.678. The van der Waals surface area contributed by atoms with E-state index in [-0.39, 0.29) is 0 Å². The lowest BCUT2D eigenvalue weighted by atomic mass is 10.2. The second-order valence-electron chi connectivity index (χ2n) is 3.83. The number of nitrogens with zero attached hydrogens (tertiary/aromatic N) is 1. The van der Waals surface area contributed by atoms with Gasteiger partial charge in [0.15, 0.2) is 0 Å². The minimum absolute atomic E-state index is 0.678.